The van der Waals surface area contributed by atoms with Crippen LogP contribution in [0.2, 0.25) is 0 Å². The molecule has 15 heavy (non-hydrogen) atoms. The van der Waals surface area contributed by atoms with Gasteiger partial charge in [-0.3, -0.25) is 10.1 Å². The largest absolute Gasteiger partial charge is 0.475 e. The number of nitriles is 1. The van der Waals surface area contributed by atoms with Crippen molar-refractivity contribution in [1.29, 1.82) is 5.26 Å². The maximum absolute atomic E-state index is 10.5. The molecule has 1 unspecified atom stereocenters. The van der Waals surface area contributed by atoms with Crippen molar-refractivity contribution in [3.05, 3.63) is 34.4 Å². The third-order valence-corrected chi connectivity index (χ3v) is 1.82. The first kappa shape index (κ1) is 11.0. The van der Waals surface area contributed by atoms with Gasteiger partial charge in [-0.15, -0.1) is 0 Å². The Balaban J connectivity index is 2.83. The summed E-state index contributed by atoms with van der Waals surface area (Å²) < 4.78 is 5.24. The molecule has 0 N–H and O–H groups in total. The lowest BCUT2D eigenvalue weighted by Crippen LogP contribution is -2.12. The number of nitro groups is 1. The maximum atomic E-state index is 10.5. The topological polar surface area (TPSA) is 76.2 Å². The second-order valence-corrected chi connectivity index (χ2v) is 2.90. The van der Waals surface area contributed by atoms with Gasteiger partial charge >= 0.3 is 0 Å². The van der Waals surface area contributed by atoms with Crippen molar-refractivity contribution in [2.45, 2.75) is 19.4 Å². The number of nitrogens with zero attached hydrogens (tertiary/aromatic N) is 2. The van der Waals surface area contributed by atoms with E-state index < -0.39 is 11.0 Å². The third-order valence-electron chi connectivity index (χ3n) is 1.82. The van der Waals surface area contributed by atoms with Crippen molar-refractivity contribution in [1.82, 2.24) is 0 Å². The monoisotopic (exact) mass is 206 g/mol. The molecule has 1 aromatic rings. The van der Waals surface area contributed by atoms with E-state index in [1.54, 1.807) is 6.07 Å². The second kappa shape index (κ2) is 4.96. The Hall–Kier alpha value is -2.09. The van der Waals surface area contributed by atoms with Crippen molar-refractivity contribution < 1.29 is 9.66 Å². The van der Waals surface area contributed by atoms with Gasteiger partial charge in [-0.05, 0) is 12.5 Å². The van der Waals surface area contributed by atoms with Crippen LogP contribution in [0.3, 0.4) is 0 Å². The number of benzene rings is 1. The Bertz CT molecular complexity index is 398. The van der Waals surface area contributed by atoms with Gasteiger partial charge in [0, 0.05) is 6.07 Å². The summed E-state index contributed by atoms with van der Waals surface area (Å²) in [6.45, 7) is 1.81. The van der Waals surface area contributed by atoms with Crippen LogP contribution in [0.4, 0.5) is 5.69 Å². The second-order valence-electron chi connectivity index (χ2n) is 2.90. The molecule has 0 fully saturated rings. The predicted molar refractivity (Wildman–Crippen MR) is 53.4 cm³/mol. The number of nitro benzene ring substituents is 1. The van der Waals surface area contributed by atoms with Gasteiger partial charge in [-0.1, -0.05) is 13.0 Å². The van der Waals surface area contributed by atoms with E-state index in [0.717, 1.165) is 0 Å². The van der Waals surface area contributed by atoms with E-state index in [-0.39, 0.29) is 5.69 Å². The molecule has 0 saturated heterocycles. The molecule has 78 valence electrons. The Morgan fingerprint density at radius 1 is 1.67 bits per heavy atom. The average Bonchev–Trinajstić information content (AvgIpc) is 2.26. The number of rotatable bonds is 4. The standard InChI is InChI=1S/C10H10N2O3/c1-2-9(7-11)15-10-5-3-4-8(6-10)12(13)14/h3-6,9H,2H2,1H3. The van der Waals surface area contributed by atoms with Crippen LogP contribution in [0.25, 0.3) is 0 Å². The van der Waals surface area contributed by atoms with Crippen LogP contribution in [-0.2, 0) is 0 Å². The van der Waals surface area contributed by atoms with Crippen LogP contribution in [0.15, 0.2) is 24.3 Å². The number of hydrogen-bond acceptors (Lipinski definition) is 4. The number of non-ortho nitro benzene ring substituents is 1. The molecule has 0 aliphatic heterocycles. The van der Waals surface area contributed by atoms with Gasteiger partial charge in [-0.25, -0.2) is 0 Å². The first-order chi connectivity index (χ1) is 7.17. The predicted octanol–water partition coefficient (Wildman–Crippen LogP) is 2.28. The molecule has 5 heteroatoms. The fourth-order valence-corrected chi connectivity index (χ4v) is 1.04. The lowest BCUT2D eigenvalue weighted by Gasteiger charge is -2.09. The molecule has 0 aliphatic carbocycles. The van der Waals surface area contributed by atoms with Gasteiger partial charge in [0.1, 0.15) is 11.8 Å². The highest BCUT2D eigenvalue weighted by molar-refractivity contribution is 5.38. The smallest absolute Gasteiger partial charge is 0.273 e. The number of hydrogen-bond donors (Lipinski definition) is 0. The molecule has 0 spiro atoms. The van der Waals surface area contributed by atoms with Crippen LogP contribution >= 0.6 is 0 Å². The summed E-state index contributed by atoms with van der Waals surface area (Å²) in [4.78, 5) is 9.96. The summed E-state index contributed by atoms with van der Waals surface area (Å²) in [5.41, 5.74) is -0.0414. The van der Waals surface area contributed by atoms with E-state index in [2.05, 4.69) is 0 Å². The zero-order valence-electron chi connectivity index (χ0n) is 8.21. The van der Waals surface area contributed by atoms with E-state index >= 15 is 0 Å². The van der Waals surface area contributed by atoms with Gasteiger partial charge in [0.2, 0.25) is 0 Å². The van der Waals surface area contributed by atoms with Crippen LogP contribution in [0, 0.1) is 21.4 Å². The van der Waals surface area contributed by atoms with E-state index in [1.807, 2.05) is 13.0 Å². The lowest BCUT2D eigenvalue weighted by molar-refractivity contribution is -0.384. The number of ether oxygens (including phenoxy) is 1. The molecule has 0 aliphatic rings. The quantitative estimate of drug-likeness (QED) is 0.559. The van der Waals surface area contributed by atoms with Crippen molar-refractivity contribution in [3.8, 4) is 11.8 Å². The zero-order valence-corrected chi connectivity index (χ0v) is 8.21. The highest BCUT2D eigenvalue weighted by atomic mass is 16.6. The van der Waals surface area contributed by atoms with Crippen LogP contribution in [0.5, 0.6) is 5.75 Å². The Morgan fingerprint density at radius 2 is 2.40 bits per heavy atom. The lowest BCUT2D eigenvalue weighted by atomic mass is 10.3. The van der Waals surface area contributed by atoms with Gasteiger partial charge in [0.05, 0.1) is 11.0 Å². The van der Waals surface area contributed by atoms with Gasteiger partial charge in [-0.2, -0.15) is 5.26 Å². The van der Waals surface area contributed by atoms with Gasteiger partial charge in [0.25, 0.3) is 5.69 Å². The van der Waals surface area contributed by atoms with Crippen molar-refractivity contribution >= 4 is 5.69 Å². The highest BCUT2D eigenvalue weighted by Gasteiger charge is 2.10. The highest BCUT2D eigenvalue weighted by Crippen LogP contribution is 2.20. The summed E-state index contributed by atoms with van der Waals surface area (Å²) in [5.74, 6) is 0.345. The SMILES string of the molecule is CCC(C#N)Oc1cccc([N+](=O)[O-])c1. The summed E-state index contributed by atoms with van der Waals surface area (Å²) in [6, 6.07) is 7.75. The van der Waals surface area contributed by atoms with E-state index in [4.69, 9.17) is 10.00 Å². The minimum Gasteiger partial charge on any atom is -0.475 e. The van der Waals surface area contributed by atoms with Crippen molar-refractivity contribution in [3.63, 3.8) is 0 Å². The molecule has 1 atom stereocenters. The minimum absolute atomic E-state index is 0.0414. The van der Waals surface area contributed by atoms with Gasteiger partial charge < -0.3 is 4.74 Å². The maximum Gasteiger partial charge on any atom is 0.273 e. The Labute approximate surface area is 87.1 Å². The fraction of sp³-hybridized carbons (Fsp3) is 0.300. The summed E-state index contributed by atoms with van der Waals surface area (Å²) >= 11 is 0. The van der Waals surface area contributed by atoms with Crippen LogP contribution in [0.1, 0.15) is 13.3 Å². The molecular weight excluding hydrogens is 196 g/mol. The Kier molecular flexibility index (Phi) is 3.63. The van der Waals surface area contributed by atoms with Crippen molar-refractivity contribution in [2.24, 2.45) is 0 Å². The van der Waals surface area contributed by atoms with Crippen LogP contribution in [-0.4, -0.2) is 11.0 Å². The Morgan fingerprint density at radius 3 is 2.93 bits per heavy atom. The molecule has 0 aromatic heterocycles. The zero-order chi connectivity index (χ0) is 11.3. The molecule has 0 bridgehead atoms. The van der Waals surface area contributed by atoms with Crippen molar-refractivity contribution in [2.75, 3.05) is 0 Å². The molecule has 0 radical (unpaired) electrons. The van der Waals surface area contributed by atoms with Crippen LogP contribution < -0.4 is 4.74 Å². The molecule has 0 amide bonds. The minimum atomic E-state index is -0.563. The molecule has 0 heterocycles. The molecule has 0 saturated carbocycles. The molecule has 1 aromatic carbocycles. The summed E-state index contributed by atoms with van der Waals surface area (Å²) in [6.07, 6.45) is -0.0221. The molecule has 1 rings (SSSR count). The first-order valence-electron chi connectivity index (χ1n) is 4.48. The third kappa shape index (κ3) is 2.95. The summed E-state index contributed by atoms with van der Waals surface area (Å²) in [5, 5.41) is 19.1. The summed E-state index contributed by atoms with van der Waals surface area (Å²) in [7, 11) is 0. The average molecular weight is 206 g/mol. The molecular formula is C10H10N2O3. The van der Waals surface area contributed by atoms with E-state index in [1.165, 1.54) is 18.2 Å². The van der Waals surface area contributed by atoms with E-state index in [0.29, 0.717) is 12.2 Å². The fourth-order valence-electron chi connectivity index (χ4n) is 1.04. The van der Waals surface area contributed by atoms with Gasteiger partial charge in [0.15, 0.2) is 6.10 Å². The normalized spacial score (nSPS) is 11.5. The first-order valence-corrected chi connectivity index (χ1v) is 4.48. The molecule has 5 nitrogen and oxygen atoms in total. The van der Waals surface area contributed by atoms with E-state index in [9.17, 15) is 10.1 Å².